The van der Waals surface area contributed by atoms with E-state index in [4.69, 9.17) is 0 Å². The van der Waals surface area contributed by atoms with E-state index >= 15 is 0 Å². The first-order valence-corrected chi connectivity index (χ1v) is 8.49. The normalized spacial score (nSPS) is 25.2. The summed E-state index contributed by atoms with van der Waals surface area (Å²) >= 11 is 0. The van der Waals surface area contributed by atoms with E-state index in [2.05, 4.69) is 31.0 Å². The summed E-state index contributed by atoms with van der Waals surface area (Å²) in [5.41, 5.74) is 2.05. The van der Waals surface area contributed by atoms with Gasteiger partial charge in [0.25, 0.3) is 0 Å². The fourth-order valence-corrected chi connectivity index (χ4v) is 3.61. The van der Waals surface area contributed by atoms with Gasteiger partial charge in [-0.3, -0.25) is 4.90 Å². The van der Waals surface area contributed by atoms with Crippen LogP contribution in [0.1, 0.15) is 37.9 Å². The van der Waals surface area contributed by atoms with Crippen LogP contribution in [0.25, 0.3) is 0 Å². The summed E-state index contributed by atoms with van der Waals surface area (Å²) < 4.78 is 26.8. The molecular weight excluding hydrogens is 306 g/mol. The van der Waals surface area contributed by atoms with Gasteiger partial charge >= 0.3 is 0 Å². The second-order valence-electron chi connectivity index (χ2n) is 6.74. The van der Waals surface area contributed by atoms with Gasteiger partial charge in [0.05, 0.1) is 6.04 Å². The molecule has 0 radical (unpaired) electrons. The van der Waals surface area contributed by atoms with Crippen LogP contribution >= 0.6 is 0 Å². The van der Waals surface area contributed by atoms with Crippen LogP contribution in [0.4, 0.5) is 8.78 Å². The van der Waals surface area contributed by atoms with E-state index in [1.165, 1.54) is 24.3 Å². The summed E-state index contributed by atoms with van der Waals surface area (Å²) in [5.74, 6) is -0.488. The molecule has 2 unspecified atom stereocenters. The molecule has 1 aliphatic rings. The monoisotopic (exact) mass is 330 g/mol. The standard InChI is InChI=1S/C20H24F2N2/c1-13-12-23-14(2)15(3)24(13)20(16-4-8-18(21)9-5-16)17-6-10-19(22)11-7-17/h4-11,13-15,20,23H,12H2,1-3H3/t13-,14?,15?/m1/s1. The lowest BCUT2D eigenvalue weighted by molar-refractivity contribution is 0.0576. The highest BCUT2D eigenvalue weighted by atomic mass is 19.1. The van der Waals surface area contributed by atoms with Crippen LogP contribution in [0.15, 0.2) is 48.5 Å². The third-order valence-corrected chi connectivity index (χ3v) is 5.11. The number of benzene rings is 2. The molecular formula is C20H24F2N2. The van der Waals surface area contributed by atoms with E-state index in [0.717, 1.165) is 17.7 Å². The topological polar surface area (TPSA) is 15.3 Å². The van der Waals surface area contributed by atoms with Gasteiger partial charge in [0.1, 0.15) is 11.6 Å². The van der Waals surface area contributed by atoms with E-state index in [-0.39, 0.29) is 17.7 Å². The minimum Gasteiger partial charge on any atom is -0.311 e. The fraction of sp³-hybridized carbons (Fsp3) is 0.400. The van der Waals surface area contributed by atoms with Crippen molar-refractivity contribution in [2.24, 2.45) is 0 Å². The number of hydrogen-bond donors (Lipinski definition) is 1. The Morgan fingerprint density at radius 1 is 0.875 bits per heavy atom. The number of piperazine rings is 1. The SMILES string of the molecule is CC1NC[C@@H](C)N(C(c2ccc(F)cc2)c2ccc(F)cc2)C1C. The molecule has 24 heavy (non-hydrogen) atoms. The van der Waals surface area contributed by atoms with Crippen molar-refractivity contribution in [3.05, 3.63) is 71.3 Å². The van der Waals surface area contributed by atoms with Crippen molar-refractivity contribution in [2.45, 2.75) is 44.9 Å². The molecule has 0 aromatic heterocycles. The summed E-state index contributed by atoms with van der Waals surface area (Å²) in [6.45, 7) is 7.46. The van der Waals surface area contributed by atoms with Gasteiger partial charge in [0.15, 0.2) is 0 Å². The Labute approximate surface area is 142 Å². The molecule has 0 aliphatic carbocycles. The quantitative estimate of drug-likeness (QED) is 0.910. The minimum absolute atomic E-state index is 0.0271. The van der Waals surface area contributed by atoms with Crippen LogP contribution in [0.3, 0.4) is 0 Å². The predicted molar refractivity (Wildman–Crippen MR) is 92.9 cm³/mol. The highest BCUT2D eigenvalue weighted by Gasteiger charge is 2.36. The number of rotatable bonds is 3. The van der Waals surface area contributed by atoms with Crippen molar-refractivity contribution in [1.29, 1.82) is 0 Å². The lowest BCUT2D eigenvalue weighted by Crippen LogP contribution is -2.60. The molecule has 128 valence electrons. The van der Waals surface area contributed by atoms with Gasteiger partial charge in [-0.15, -0.1) is 0 Å². The smallest absolute Gasteiger partial charge is 0.123 e. The van der Waals surface area contributed by atoms with Crippen molar-refractivity contribution in [2.75, 3.05) is 6.54 Å². The molecule has 2 aromatic rings. The number of nitrogens with zero attached hydrogens (tertiary/aromatic N) is 1. The highest BCUT2D eigenvalue weighted by Crippen LogP contribution is 2.34. The third kappa shape index (κ3) is 3.35. The van der Waals surface area contributed by atoms with Gasteiger partial charge in [-0.2, -0.15) is 0 Å². The molecule has 1 heterocycles. The zero-order valence-corrected chi connectivity index (χ0v) is 14.3. The largest absolute Gasteiger partial charge is 0.311 e. The second-order valence-corrected chi connectivity index (χ2v) is 6.74. The lowest BCUT2D eigenvalue weighted by Gasteiger charge is -2.48. The Morgan fingerprint density at radius 2 is 1.33 bits per heavy atom. The Hall–Kier alpha value is -1.78. The van der Waals surface area contributed by atoms with E-state index in [1.54, 1.807) is 0 Å². The van der Waals surface area contributed by atoms with Gasteiger partial charge in [0.2, 0.25) is 0 Å². The van der Waals surface area contributed by atoms with E-state index < -0.39 is 0 Å². The second kappa shape index (κ2) is 6.99. The Bertz CT molecular complexity index is 624. The van der Waals surface area contributed by atoms with Crippen molar-refractivity contribution in [3.8, 4) is 0 Å². The zero-order chi connectivity index (χ0) is 17.3. The average Bonchev–Trinajstić information content (AvgIpc) is 2.57. The predicted octanol–water partition coefficient (Wildman–Crippen LogP) is 4.12. The van der Waals surface area contributed by atoms with Crippen LogP contribution in [0, 0.1) is 11.6 Å². The molecule has 0 saturated carbocycles. The molecule has 3 atom stereocenters. The van der Waals surface area contributed by atoms with Gasteiger partial charge in [-0.25, -0.2) is 8.78 Å². The summed E-state index contributed by atoms with van der Waals surface area (Å²) in [5, 5.41) is 3.53. The molecule has 0 bridgehead atoms. The Kier molecular flexibility index (Phi) is 4.97. The summed E-state index contributed by atoms with van der Waals surface area (Å²) in [7, 11) is 0. The number of hydrogen-bond acceptors (Lipinski definition) is 2. The molecule has 1 N–H and O–H groups in total. The maximum Gasteiger partial charge on any atom is 0.123 e. The van der Waals surface area contributed by atoms with E-state index in [0.29, 0.717) is 18.1 Å². The van der Waals surface area contributed by atoms with E-state index in [9.17, 15) is 8.78 Å². The molecule has 1 aliphatic heterocycles. The van der Waals surface area contributed by atoms with Crippen LogP contribution in [0.5, 0.6) is 0 Å². The first kappa shape index (κ1) is 17.1. The lowest BCUT2D eigenvalue weighted by atomic mass is 9.91. The zero-order valence-electron chi connectivity index (χ0n) is 14.3. The molecule has 0 amide bonds. The maximum absolute atomic E-state index is 13.4. The van der Waals surface area contributed by atoms with Gasteiger partial charge < -0.3 is 5.32 Å². The molecule has 0 spiro atoms. The van der Waals surface area contributed by atoms with E-state index in [1.807, 2.05) is 24.3 Å². The first-order valence-electron chi connectivity index (χ1n) is 8.49. The number of nitrogens with one attached hydrogen (secondary N) is 1. The van der Waals surface area contributed by atoms with Crippen molar-refractivity contribution in [3.63, 3.8) is 0 Å². The van der Waals surface area contributed by atoms with Gasteiger partial charge in [-0.1, -0.05) is 24.3 Å². The molecule has 4 heteroatoms. The fourth-order valence-electron chi connectivity index (χ4n) is 3.61. The number of halogens is 2. The van der Waals surface area contributed by atoms with Crippen molar-refractivity contribution < 1.29 is 8.78 Å². The van der Waals surface area contributed by atoms with Crippen LogP contribution in [-0.4, -0.2) is 29.6 Å². The van der Waals surface area contributed by atoms with Crippen LogP contribution < -0.4 is 5.32 Å². The van der Waals surface area contributed by atoms with Crippen LogP contribution in [0.2, 0.25) is 0 Å². The average molecular weight is 330 g/mol. The van der Waals surface area contributed by atoms with Gasteiger partial charge in [-0.05, 0) is 56.2 Å². The first-order chi connectivity index (χ1) is 11.5. The molecule has 1 fully saturated rings. The Morgan fingerprint density at radius 3 is 1.79 bits per heavy atom. The molecule has 1 saturated heterocycles. The summed E-state index contributed by atoms with van der Waals surface area (Å²) in [6, 6.07) is 14.2. The Balaban J connectivity index is 2.07. The highest BCUT2D eigenvalue weighted by molar-refractivity contribution is 5.33. The summed E-state index contributed by atoms with van der Waals surface area (Å²) in [4.78, 5) is 2.45. The molecule has 2 aromatic carbocycles. The van der Waals surface area contributed by atoms with Gasteiger partial charge in [0, 0.05) is 24.7 Å². The maximum atomic E-state index is 13.4. The van der Waals surface area contributed by atoms with Crippen molar-refractivity contribution >= 4 is 0 Å². The third-order valence-electron chi connectivity index (χ3n) is 5.11. The van der Waals surface area contributed by atoms with Crippen molar-refractivity contribution in [1.82, 2.24) is 10.2 Å². The van der Waals surface area contributed by atoms with Crippen LogP contribution in [-0.2, 0) is 0 Å². The molecule has 2 nitrogen and oxygen atoms in total. The summed E-state index contributed by atoms with van der Waals surface area (Å²) in [6.07, 6.45) is 0. The minimum atomic E-state index is -0.244. The molecule has 3 rings (SSSR count).